The Balaban J connectivity index is 1.98. The van der Waals surface area contributed by atoms with E-state index in [1.807, 2.05) is 4.57 Å². The highest BCUT2D eigenvalue weighted by Crippen LogP contribution is 2.22. The Kier molecular flexibility index (Phi) is 3.44. The quantitative estimate of drug-likeness (QED) is 0.878. The molecule has 4 nitrogen and oxygen atoms in total. The predicted molar refractivity (Wildman–Crippen MR) is 71.8 cm³/mol. The number of hydrogen-bond donors (Lipinski definition) is 1. The van der Waals surface area contributed by atoms with Crippen molar-refractivity contribution < 1.29 is 9.13 Å². The molecule has 19 heavy (non-hydrogen) atoms. The van der Waals surface area contributed by atoms with Crippen LogP contribution in [0.2, 0.25) is 0 Å². The molecule has 0 bridgehead atoms. The van der Waals surface area contributed by atoms with Gasteiger partial charge >= 0.3 is 0 Å². The van der Waals surface area contributed by atoms with E-state index in [1.165, 1.54) is 6.07 Å². The van der Waals surface area contributed by atoms with Gasteiger partial charge in [-0.2, -0.15) is 5.10 Å². The van der Waals surface area contributed by atoms with Gasteiger partial charge in [-0.25, -0.2) is 4.39 Å². The van der Waals surface area contributed by atoms with Crippen LogP contribution in [0.1, 0.15) is 12.8 Å². The van der Waals surface area contributed by atoms with Crippen molar-refractivity contribution in [3.63, 3.8) is 0 Å². The van der Waals surface area contributed by atoms with Crippen molar-refractivity contribution in [3.8, 4) is 11.4 Å². The molecule has 1 aromatic carbocycles. The summed E-state index contributed by atoms with van der Waals surface area (Å²) in [5, 5.41) is 6.87. The molecule has 1 aromatic heterocycles. The summed E-state index contributed by atoms with van der Waals surface area (Å²) in [6.07, 6.45) is 2.20. The largest absolute Gasteiger partial charge is 0.376 e. The minimum Gasteiger partial charge on any atom is -0.376 e. The van der Waals surface area contributed by atoms with Crippen molar-refractivity contribution in [2.75, 3.05) is 6.61 Å². The maximum absolute atomic E-state index is 13.8. The van der Waals surface area contributed by atoms with Gasteiger partial charge in [0.25, 0.3) is 0 Å². The van der Waals surface area contributed by atoms with Crippen molar-refractivity contribution in [3.05, 3.63) is 34.9 Å². The van der Waals surface area contributed by atoms with Gasteiger partial charge in [-0.3, -0.25) is 9.67 Å². The molecule has 1 N–H and O–H groups in total. The summed E-state index contributed by atoms with van der Waals surface area (Å²) in [6, 6.07) is 6.56. The van der Waals surface area contributed by atoms with E-state index in [0.29, 0.717) is 22.7 Å². The van der Waals surface area contributed by atoms with Crippen LogP contribution >= 0.6 is 12.2 Å². The van der Waals surface area contributed by atoms with Crippen LogP contribution in [0.4, 0.5) is 4.39 Å². The van der Waals surface area contributed by atoms with E-state index in [2.05, 4.69) is 10.2 Å². The van der Waals surface area contributed by atoms with Crippen LogP contribution in [-0.4, -0.2) is 27.5 Å². The molecule has 2 aromatic rings. The SMILES string of the molecule is Fc1ccccc1-c1n[nH]c(=S)n1CC1CCCO1. The summed E-state index contributed by atoms with van der Waals surface area (Å²) < 4.78 is 21.7. The van der Waals surface area contributed by atoms with Gasteiger partial charge in [0.2, 0.25) is 0 Å². The highest BCUT2D eigenvalue weighted by molar-refractivity contribution is 7.71. The fourth-order valence-electron chi connectivity index (χ4n) is 2.33. The normalized spacial score (nSPS) is 18.9. The van der Waals surface area contributed by atoms with Crippen LogP contribution in [-0.2, 0) is 11.3 Å². The maximum atomic E-state index is 13.8. The maximum Gasteiger partial charge on any atom is 0.195 e. The van der Waals surface area contributed by atoms with E-state index in [1.54, 1.807) is 18.2 Å². The van der Waals surface area contributed by atoms with Gasteiger partial charge in [0.1, 0.15) is 5.82 Å². The van der Waals surface area contributed by atoms with Crippen molar-refractivity contribution in [1.82, 2.24) is 14.8 Å². The van der Waals surface area contributed by atoms with Crippen molar-refractivity contribution in [2.45, 2.75) is 25.5 Å². The van der Waals surface area contributed by atoms with E-state index in [9.17, 15) is 4.39 Å². The first kappa shape index (κ1) is 12.5. The average molecular weight is 279 g/mol. The number of ether oxygens (including phenoxy) is 1. The summed E-state index contributed by atoms with van der Waals surface area (Å²) in [5.74, 6) is 0.226. The molecule has 0 radical (unpaired) electrons. The molecule has 2 heterocycles. The zero-order chi connectivity index (χ0) is 13.2. The number of hydrogen-bond acceptors (Lipinski definition) is 3. The molecule has 3 rings (SSSR count). The zero-order valence-electron chi connectivity index (χ0n) is 10.3. The lowest BCUT2D eigenvalue weighted by atomic mass is 10.2. The van der Waals surface area contributed by atoms with Gasteiger partial charge < -0.3 is 4.74 Å². The third-order valence-electron chi connectivity index (χ3n) is 3.28. The Labute approximate surface area is 115 Å². The Morgan fingerprint density at radius 2 is 2.32 bits per heavy atom. The van der Waals surface area contributed by atoms with E-state index in [0.717, 1.165) is 19.4 Å². The van der Waals surface area contributed by atoms with Crippen LogP contribution in [0.15, 0.2) is 24.3 Å². The molecule has 1 saturated heterocycles. The summed E-state index contributed by atoms with van der Waals surface area (Å²) in [5.41, 5.74) is 0.452. The summed E-state index contributed by atoms with van der Waals surface area (Å²) in [4.78, 5) is 0. The number of nitrogens with one attached hydrogen (secondary N) is 1. The second-order valence-corrected chi connectivity index (χ2v) is 4.96. The first-order valence-corrected chi connectivity index (χ1v) is 6.68. The second-order valence-electron chi connectivity index (χ2n) is 4.58. The van der Waals surface area contributed by atoms with Crippen molar-refractivity contribution in [2.24, 2.45) is 0 Å². The van der Waals surface area contributed by atoms with Gasteiger partial charge in [0, 0.05) is 6.61 Å². The summed E-state index contributed by atoms with van der Waals surface area (Å²) >= 11 is 5.22. The lowest BCUT2D eigenvalue weighted by Crippen LogP contribution is -2.16. The van der Waals surface area contributed by atoms with Gasteiger partial charge in [-0.1, -0.05) is 12.1 Å². The van der Waals surface area contributed by atoms with Gasteiger partial charge in [0.15, 0.2) is 10.6 Å². The molecule has 1 aliphatic rings. The number of H-pyrrole nitrogens is 1. The fourth-order valence-corrected chi connectivity index (χ4v) is 2.53. The number of aromatic nitrogens is 3. The van der Waals surface area contributed by atoms with E-state index in [4.69, 9.17) is 17.0 Å². The minimum absolute atomic E-state index is 0.134. The lowest BCUT2D eigenvalue weighted by Gasteiger charge is -2.12. The molecule has 6 heteroatoms. The third-order valence-corrected chi connectivity index (χ3v) is 3.59. The van der Waals surface area contributed by atoms with E-state index in [-0.39, 0.29) is 11.9 Å². The van der Waals surface area contributed by atoms with Gasteiger partial charge in [0.05, 0.1) is 18.2 Å². The van der Waals surface area contributed by atoms with Crippen LogP contribution in [0.5, 0.6) is 0 Å². The second kappa shape index (κ2) is 5.22. The molecule has 0 spiro atoms. The average Bonchev–Trinajstić information content (AvgIpc) is 3.03. The highest BCUT2D eigenvalue weighted by Gasteiger charge is 2.20. The molecular formula is C13H14FN3OS. The Bertz CT molecular complexity index is 631. The molecule has 1 atom stereocenters. The summed E-state index contributed by atoms with van der Waals surface area (Å²) in [7, 11) is 0. The Morgan fingerprint density at radius 1 is 1.47 bits per heavy atom. The first-order chi connectivity index (χ1) is 9.25. The molecule has 0 saturated carbocycles. The lowest BCUT2D eigenvalue weighted by molar-refractivity contribution is 0.0969. The first-order valence-electron chi connectivity index (χ1n) is 6.27. The van der Waals surface area contributed by atoms with Crippen molar-refractivity contribution in [1.29, 1.82) is 0 Å². The van der Waals surface area contributed by atoms with Gasteiger partial charge in [-0.15, -0.1) is 0 Å². The molecule has 0 aliphatic carbocycles. The van der Waals surface area contributed by atoms with Gasteiger partial charge in [-0.05, 0) is 37.2 Å². The molecule has 1 unspecified atom stereocenters. The van der Waals surface area contributed by atoms with Crippen LogP contribution in [0, 0.1) is 10.6 Å². The third kappa shape index (κ3) is 2.46. The predicted octanol–water partition coefficient (Wildman–Crippen LogP) is 2.93. The number of rotatable bonds is 3. The summed E-state index contributed by atoms with van der Waals surface area (Å²) in [6.45, 7) is 1.39. The fraction of sp³-hybridized carbons (Fsp3) is 0.385. The smallest absolute Gasteiger partial charge is 0.195 e. The molecule has 100 valence electrons. The molecule has 0 amide bonds. The van der Waals surface area contributed by atoms with Crippen molar-refractivity contribution >= 4 is 12.2 Å². The van der Waals surface area contributed by atoms with E-state index < -0.39 is 0 Å². The van der Waals surface area contributed by atoms with E-state index >= 15 is 0 Å². The Morgan fingerprint density at radius 3 is 3.05 bits per heavy atom. The topological polar surface area (TPSA) is 42.8 Å². The highest BCUT2D eigenvalue weighted by atomic mass is 32.1. The molecule has 1 fully saturated rings. The number of halogens is 1. The zero-order valence-corrected chi connectivity index (χ0v) is 11.1. The molecular weight excluding hydrogens is 265 g/mol. The number of aromatic amines is 1. The van der Waals surface area contributed by atoms with Crippen LogP contribution < -0.4 is 0 Å². The number of benzene rings is 1. The van der Waals surface area contributed by atoms with Crippen LogP contribution in [0.25, 0.3) is 11.4 Å². The number of nitrogens with zero attached hydrogens (tertiary/aromatic N) is 2. The minimum atomic E-state index is -0.301. The molecule has 1 aliphatic heterocycles. The van der Waals surface area contributed by atoms with Crippen LogP contribution in [0.3, 0.4) is 0 Å². The standard InChI is InChI=1S/C13H14FN3OS/c14-11-6-2-1-5-10(11)12-15-16-13(19)17(12)8-9-4-3-7-18-9/h1-2,5-6,9H,3-4,7-8H2,(H,16,19). The monoisotopic (exact) mass is 279 g/mol. The Hall–Kier alpha value is -1.53.